The van der Waals surface area contributed by atoms with E-state index in [-0.39, 0.29) is 18.1 Å². The fourth-order valence-electron chi connectivity index (χ4n) is 2.10. The molecule has 0 radical (unpaired) electrons. The molecule has 106 valence electrons. The highest BCUT2D eigenvalue weighted by Gasteiger charge is 2.22. The van der Waals surface area contributed by atoms with E-state index < -0.39 is 0 Å². The molecular formula is C16H25NO2. The zero-order valence-corrected chi connectivity index (χ0v) is 12.6. The number of hydrogen-bond donors (Lipinski definition) is 1. The summed E-state index contributed by atoms with van der Waals surface area (Å²) >= 11 is 0. The molecule has 19 heavy (non-hydrogen) atoms. The molecule has 0 saturated heterocycles. The standard InChI is InChI=1S/C16H25NO2/c1-11(2)10-15(16(18)19-5)17-13(4)14-8-6-12(3)7-9-14/h6-9,11,13,15,17H,10H2,1-5H3. The molecule has 0 aromatic heterocycles. The first-order valence-electron chi connectivity index (χ1n) is 6.84. The van der Waals surface area contributed by atoms with Gasteiger partial charge in [0.1, 0.15) is 6.04 Å². The van der Waals surface area contributed by atoms with Gasteiger partial charge in [-0.2, -0.15) is 0 Å². The van der Waals surface area contributed by atoms with Crippen molar-refractivity contribution in [2.45, 2.75) is 46.2 Å². The Kier molecular flexibility index (Phi) is 6.03. The first-order chi connectivity index (χ1) is 8.93. The van der Waals surface area contributed by atoms with Gasteiger partial charge in [0.05, 0.1) is 7.11 Å². The summed E-state index contributed by atoms with van der Waals surface area (Å²) in [4.78, 5) is 11.8. The van der Waals surface area contributed by atoms with Crippen LogP contribution < -0.4 is 5.32 Å². The van der Waals surface area contributed by atoms with E-state index in [0.29, 0.717) is 5.92 Å². The number of methoxy groups -OCH3 is 1. The predicted octanol–water partition coefficient (Wildman–Crippen LogP) is 3.23. The predicted molar refractivity (Wildman–Crippen MR) is 78.0 cm³/mol. The first kappa shape index (κ1) is 15.7. The topological polar surface area (TPSA) is 38.3 Å². The number of aryl methyl sites for hydroxylation is 1. The lowest BCUT2D eigenvalue weighted by molar-refractivity contribution is -0.143. The minimum atomic E-state index is -0.249. The minimum absolute atomic E-state index is 0.128. The third-order valence-electron chi connectivity index (χ3n) is 3.22. The molecule has 0 fully saturated rings. The van der Waals surface area contributed by atoms with Crippen LogP contribution in [0.3, 0.4) is 0 Å². The molecule has 3 heteroatoms. The van der Waals surface area contributed by atoms with Gasteiger partial charge < -0.3 is 4.74 Å². The van der Waals surface area contributed by atoms with E-state index in [2.05, 4.69) is 57.3 Å². The molecule has 0 heterocycles. The monoisotopic (exact) mass is 263 g/mol. The van der Waals surface area contributed by atoms with E-state index >= 15 is 0 Å². The lowest BCUT2D eigenvalue weighted by Gasteiger charge is -2.23. The fourth-order valence-corrected chi connectivity index (χ4v) is 2.10. The number of nitrogens with one attached hydrogen (secondary N) is 1. The van der Waals surface area contributed by atoms with Gasteiger partial charge in [0, 0.05) is 6.04 Å². The highest BCUT2D eigenvalue weighted by molar-refractivity contribution is 5.75. The second-order valence-corrected chi connectivity index (χ2v) is 5.50. The van der Waals surface area contributed by atoms with E-state index in [9.17, 15) is 4.79 Å². The number of rotatable bonds is 6. The molecule has 0 spiro atoms. The van der Waals surface area contributed by atoms with Gasteiger partial charge in [-0.1, -0.05) is 43.7 Å². The van der Waals surface area contributed by atoms with Crippen molar-refractivity contribution in [2.24, 2.45) is 5.92 Å². The Balaban J connectivity index is 2.72. The van der Waals surface area contributed by atoms with Crippen LogP contribution >= 0.6 is 0 Å². The fraction of sp³-hybridized carbons (Fsp3) is 0.562. The Hall–Kier alpha value is -1.35. The van der Waals surface area contributed by atoms with E-state index in [4.69, 9.17) is 4.74 Å². The normalized spacial score (nSPS) is 14.2. The smallest absolute Gasteiger partial charge is 0.322 e. The van der Waals surface area contributed by atoms with Crippen molar-refractivity contribution in [1.82, 2.24) is 5.32 Å². The number of ether oxygens (including phenoxy) is 1. The van der Waals surface area contributed by atoms with Gasteiger partial charge in [-0.25, -0.2) is 0 Å². The van der Waals surface area contributed by atoms with Crippen molar-refractivity contribution in [1.29, 1.82) is 0 Å². The summed E-state index contributed by atoms with van der Waals surface area (Å²) in [7, 11) is 1.44. The highest BCUT2D eigenvalue weighted by Crippen LogP contribution is 2.16. The summed E-state index contributed by atoms with van der Waals surface area (Å²) in [5, 5.41) is 3.36. The van der Waals surface area contributed by atoms with Gasteiger partial charge >= 0.3 is 5.97 Å². The summed E-state index contributed by atoms with van der Waals surface area (Å²) < 4.78 is 4.87. The van der Waals surface area contributed by atoms with E-state index in [1.807, 2.05) is 0 Å². The third-order valence-corrected chi connectivity index (χ3v) is 3.22. The van der Waals surface area contributed by atoms with Crippen LogP contribution in [0.4, 0.5) is 0 Å². The largest absolute Gasteiger partial charge is 0.468 e. The Bertz CT molecular complexity index is 398. The number of benzene rings is 1. The second kappa shape index (κ2) is 7.29. The summed E-state index contributed by atoms with van der Waals surface area (Å²) in [6.07, 6.45) is 0.781. The molecule has 2 unspecified atom stereocenters. The average molecular weight is 263 g/mol. The zero-order valence-electron chi connectivity index (χ0n) is 12.6. The molecular weight excluding hydrogens is 238 g/mol. The van der Waals surface area contributed by atoms with Crippen LogP contribution in [-0.2, 0) is 9.53 Å². The quantitative estimate of drug-likeness (QED) is 0.801. The van der Waals surface area contributed by atoms with Gasteiger partial charge in [0.15, 0.2) is 0 Å². The maximum atomic E-state index is 11.8. The summed E-state index contributed by atoms with van der Waals surface area (Å²) in [5.41, 5.74) is 2.42. The SMILES string of the molecule is COC(=O)C(CC(C)C)NC(C)c1ccc(C)cc1. The van der Waals surface area contributed by atoms with Crippen LogP contribution in [-0.4, -0.2) is 19.1 Å². The van der Waals surface area contributed by atoms with Crippen molar-refractivity contribution in [2.75, 3.05) is 7.11 Å². The summed E-state index contributed by atoms with van der Waals surface area (Å²) in [5.74, 6) is 0.259. The Labute approximate surface area is 116 Å². The van der Waals surface area contributed by atoms with Crippen molar-refractivity contribution >= 4 is 5.97 Å². The molecule has 0 amide bonds. The Morgan fingerprint density at radius 2 is 1.79 bits per heavy atom. The lowest BCUT2D eigenvalue weighted by Crippen LogP contribution is -2.40. The summed E-state index contributed by atoms with van der Waals surface area (Å²) in [6.45, 7) is 8.35. The number of carbonyl (C=O) groups excluding carboxylic acids is 1. The van der Waals surface area contributed by atoms with Gasteiger partial charge in [0.25, 0.3) is 0 Å². The number of hydrogen-bond acceptors (Lipinski definition) is 3. The number of carbonyl (C=O) groups is 1. The molecule has 3 nitrogen and oxygen atoms in total. The molecule has 1 aromatic carbocycles. The molecule has 0 aliphatic carbocycles. The number of esters is 1. The van der Waals surface area contributed by atoms with Crippen molar-refractivity contribution in [3.63, 3.8) is 0 Å². The summed E-state index contributed by atoms with van der Waals surface area (Å²) in [6, 6.07) is 8.24. The third kappa shape index (κ3) is 5.03. The van der Waals surface area contributed by atoms with Gasteiger partial charge in [-0.3, -0.25) is 10.1 Å². The molecule has 1 rings (SSSR count). The maximum Gasteiger partial charge on any atom is 0.322 e. The van der Waals surface area contributed by atoms with Crippen LogP contribution in [0.1, 0.15) is 44.4 Å². The van der Waals surface area contributed by atoms with Crippen molar-refractivity contribution in [3.05, 3.63) is 35.4 Å². The zero-order chi connectivity index (χ0) is 14.4. The van der Waals surface area contributed by atoms with Gasteiger partial charge in [0.2, 0.25) is 0 Å². The van der Waals surface area contributed by atoms with Crippen LogP contribution in [0.5, 0.6) is 0 Å². The van der Waals surface area contributed by atoms with Crippen LogP contribution in [0.2, 0.25) is 0 Å². The van der Waals surface area contributed by atoms with Crippen LogP contribution in [0.15, 0.2) is 24.3 Å². The molecule has 0 saturated carbocycles. The lowest BCUT2D eigenvalue weighted by atomic mass is 10.0. The second-order valence-electron chi connectivity index (χ2n) is 5.50. The first-order valence-corrected chi connectivity index (χ1v) is 6.84. The van der Waals surface area contributed by atoms with E-state index in [0.717, 1.165) is 6.42 Å². The van der Waals surface area contributed by atoms with Gasteiger partial charge in [-0.15, -0.1) is 0 Å². The van der Waals surface area contributed by atoms with Crippen molar-refractivity contribution in [3.8, 4) is 0 Å². The Morgan fingerprint density at radius 1 is 1.21 bits per heavy atom. The van der Waals surface area contributed by atoms with Crippen LogP contribution in [0, 0.1) is 12.8 Å². The molecule has 2 atom stereocenters. The molecule has 0 bridgehead atoms. The minimum Gasteiger partial charge on any atom is -0.468 e. The molecule has 0 aliphatic heterocycles. The van der Waals surface area contributed by atoms with E-state index in [1.54, 1.807) is 0 Å². The molecule has 0 aliphatic rings. The molecule has 1 N–H and O–H groups in total. The highest BCUT2D eigenvalue weighted by atomic mass is 16.5. The molecule has 1 aromatic rings. The van der Waals surface area contributed by atoms with Crippen molar-refractivity contribution < 1.29 is 9.53 Å². The van der Waals surface area contributed by atoms with Crippen LogP contribution in [0.25, 0.3) is 0 Å². The van der Waals surface area contributed by atoms with Gasteiger partial charge in [-0.05, 0) is 31.7 Å². The maximum absolute atomic E-state index is 11.8. The average Bonchev–Trinajstić information content (AvgIpc) is 2.37. The Morgan fingerprint density at radius 3 is 2.26 bits per heavy atom. The van der Waals surface area contributed by atoms with E-state index in [1.165, 1.54) is 18.2 Å².